The Bertz CT molecular complexity index is 399. The van der Waals surface area contributed by atoms with E-state index in [0.29, 0.717) is 16.5 Å². The Morgan fingerprint density at radius 3 is 2.82 bits per heavy atom. The topological polar surface area (TPSA) is 12.0 Å². The lowest BCUT2D eigenvalue weighted by Gasteiger charge is -2.08. The molecule has 94 valence electrons. The molecule has 0 radical (unpaired) electrons. The maximum Gasteiger partial charge on any atom is 0.130 e. The maximum atomic E-state index is 13.5. The molecule has 1 nitrogen and oxygen atoms in total. The van der Waals surface area contributed by atoms with Gasteiger partial charge in [-0.25, -0.2) is 4.39 Å². The summed E-state index contributed by atoms with van der Waals surface area (Å²) in [5, 5.41) is 3.87. The Labute approximate surface area is 108 Å². The molecule has 1 aromatic rings. The van der Waals surface area contributed by atoms with Crippen LogP contribution in [0.3, 0.4) is 0 Å². The number of hydrogen-bond donors (Lipinski definition) is 1. The maximum absolute atomic E-state index is 13.5. The zero-order valence-corrected chi connectivity index (χ0v) is 11.3. The van der Waals surface area contributed by atoms with E-state index in [4.69, 9.17) is 11.6 Å². The van der Waals surface area contributed by atoms with Crippen LogP contribution < -0.4 is 5.32 Å². The van der Waals surface area contributed by atoms with Crippen LogP contribution in [-0.2, 0) is 0 Å². The van der Waals surface area contributed by atoms with Gasteiger partial charge in [-0.15, -0.1) is 0 Å². The predicted octanol–water partition coefficient (Wildman–Crippen LogP) is 4.13. The first-order valence-electron chi connectivity index (χ1n) is 5.82. The van der Waals surface area contributed by atoms with E-state index in [-0.39, 0.29) is 5.82 Å². The van der Waals surface area contributed by atoms with Crippen LogP contribution >= 0.6 is 11.6 Å². The molecule has 0 saturated carbocycles. The van der Waals surface area contributed by atoms with Gasteiger partial charge in [-0.2, -0.15) is 0 Å². The van der Waals surface area contributed by atoms with Crippen molar-refractivity contribution in [1.82, 2.24) is 5.32 Å². The standard InChI is InChI=1S/C14H19ClFN/c1-10(2)8-17-9-11(3)6-12-7-13(15)4-5-14(12)16/h4-7,10,17H,8-9H2,1-3H3/b11-6+. The second kappa shape index (κ2) is 6.77. The van der Waals surface area contributed by atoms with E-state index in [1.54, 1.807) is 12.1 Å². The van der Waals surface area contributed by atoms with Crippen LogP contribution in [0.1, 0.15) is 26.3 Å². The van der Waals surface area contributed by atoms with Gasteiger partial charge in [0.15, 0.2) is 0 Å². The molecule has 0 aliphatic rings. The van der Waals surface area contributed by atoms with E-state index in [1.165, 1.54) is 6.07 Å². The number of nitrogens with one attached hydrogen (secondary N) is 1. The Hall–Kier alpha value is -0.860. The molecule has 3 heteroatoms. The number of halogens is 2. The molecule has 1 aromatic carbocycles. The van der Waals surface area contributed by atoms with Gasteiger partial charge >= 0.3 is 0 Å². The normalized spacial score (nSPS) is 12.2. The van der Waals surface area contributed by atoms with Crippen molar-refractivity contribution in [1.29, 1.82) is 0 Å². The monoisotopic (exact) mass is 255 g/mol. The van der Waals surface area contributed by atoms with Crippen molar-refractivity contribution in [3.8, 4) is 0 Å². The van der Waals surface area contributed by atoms with Gasteiger partial charge in [0.25, 0.3) is 0 Å². The van der Waals surface area contributed by atoms with Gasteiger partial charge in [-0.05, 0) is 37.6 Å². The molecule has 0 amide bonds. The van der Waals surface area contributed by atoms with Crippen LogP contribution in [-0.4, -0.2) is 13.1 Å². The third kappa shape index (κ3) is 5.33. The molecule has 0 spiro atoms. The first kappa shape index (κ1) is 14.2. The minimum absolute atomic E-state index is 0.238. The molecule has 0 saturated heterocycles. The summed E-state index contributed by atoms with van der Waals surface area (Å²) >= 11 is 5.83. The third-order valence-corrected chi connectivity index (χ3v) is 2.55. The van der Waals surface area contributed by atoms with E-state index < -0.39 is 0 Å². The van der Waals surface area contributed by atoms with Crippen molar-refractivity contribution < 1.29 is 4.39 Å². The lowest BCUT2D eigenvalue weighted by atomic mass is 10.1. The third-order valence-electron chi connectivity index (χ3n) is 2.32. The van der Waals surface area contributed by atoms with Crippen molar-refractivity contribution >= 4 is 17.7 Å². The van der Waals surface area contributed by atoms with Crippen molar-refractivity contribution in [2.75, 3.05) is 13.1 Å². The summed E-state index contributed by atoms with van der Waals surface area (Å²) in [6.45, 7) is 8.02. The number of benzene rings is 1. The van der Waals surface area contributed by atoms with Crippen LogP contribution in [0.4, 0.5) is 4.39 Å². The van der Waals surface area contributed by atoms with Crippen molar-refractivity contribution in [3.63, 3.8) is 0 Å². The SMILES string of the molecule is C/C(=C\c1cc(Cl)ccc1F)CNCC(C)C. The predicted molar refractivity (Wildman–Crippen MR) is 72.8 cm³/mol. The molecule has 0 atom stereocenters. The molecule has 17 heavy (non-hydrogen) atoms. The minimum atomic E-state index is -0.238. The van der Waals surface area contributed by atoms with Crippen molar-refractivity contribution in [2.24, 2.45) is 5.92 Å². The van der Waals surface area contributed by atoms with Crippen LogP contribution in [0.15, 0.2) is 23.8 Å². The van der Waals surface area contributed by atoms with Crippen LogP contribution in [0, 0.1) is 11.7 Å². The molecule has 0 fully saturated rings. The molecule has 1 N–H and O–H groups in total. The summed E-state index contributed by atoms with van der Waals surface area (Å²) in [5.41, 5.74) is 1.63. The Morgan fingerprint density at radius 2 is 2.18 bits per heavy atom. The fourth-order valence-corrected chi connectivity index (χ4v) is 1.68. The zero-order chi connectivity index (χ0) is 12.8. The fourth-order valence-electron chi connectivity index (χ4n) is 1.50. The largest absolute Gasteiger partial charge is 0.313 e. The molecule has 1 rings (SSSR count). The molecule has 0 bridgehead atoms. The van der Waals surface area contributed by atoms with E-state index in [0.717, 1.165) is 18.7 Å². The second-order valence-corrected chi connectivity index (χ2v) is 5.12. The summed E-state index contributed by atoms with van der Waals surface area (Å²) in [6, 6.07) is 4.59. The molecule has 0 aliphatic carbocycles. The van der Waals surface area contributed by atoms with Crippen LogP contribution in [0.25, 0.3) is 6.08 Å². The van der Waals surface area contributed by atoms with Crippen LogP contribution in [0.2, 0.25) is 5.02 Å². The number of rotatable bonds is 5. The zero-order valence-electron chi connectivity index (χ0n) is 10.6. The highest BCUT2D eigenvalue weighted by molar-refractivity contribution is 6.30. The smallest absolute Gasteiger partial charge is 0.130 e. The average Bonchev–Trinajstić information content (AvgIpc) is 2.23. The quantitative estimate of drug-likeness (QED) is 0.834. The number of hydrogen-bond acceptors (Lipinski definition) is 1. The first-order valence-corrected chi connectivity index (χ1v) is 6.19. The highest BCUT2D eigenvalue weighted by atomic mass is 35.5. The summed E-state index contributed by atoms with van der Waals surface area (Å²) in [4.78, 5) is 0. The first-order chi connectivity index (χ1) is 7.99. The van der Waals surface area contributed by atoms with Crippen molar-refractivity contribution in [2.45, 2.75) is 20.8 Å². The molecule has 0 aliphatic heterocycles. The highest BCUT2D eigenvalue weighted by Gasteiger charge is 2.01. The van der Waals surface area contributed by atoms with Gasteiger partial charge in [0.1, 0.15) is 5.82 Å². The Kier molecular flexibility index (Phi) is 5.66. The summed E-state index contributed by atoms with van der Waals surface area (Å²) < 4.78 is 13.5. The van der Waals surface area contributed by atoms with Gasteiger partial charge in [0, 0.05) is 17.1 Å². The lowest BCUT2D eigenvalue weighted by molar-refractivity contribution is 0.572. The van der Waals surface area contributed by atoms with Crippen LogP contribution in [0.5, 0.6) is 0 Å². The summed E-state index contributed by atoms with van der Waals surface area (Å²) in [7, 11) is 0. The summed E-state index contributed by atoms with van der Waals surface area (Å²) in [5.74, 6) is 0.378. The van der Waals surface area contributed by atoms with E-state index >= 15 is 0 Å². The van der Waals surface area contributed by atoms with E-state index in [2.05, 4.69) is 19.2 Å². The van der Waals surface area contributed by atoms with E-state index in [9.17, 15) is 4.39 Å². The van der Waals surface area contributed by atoms with Gasteiger partial charge in [0.05, 0.1) is 0 Å². The van der Waals surface area contributed by atoms with Gasteiger partial charge in [-0.3, -0.25) is 0 Å². The molecule has 0 aromatic heterocycles. The molecular weight excluding hydrogens is 237 g/mol. The van der Waals surface area contributed by atoms with Gasteiger partial charge in [-0.1, -0.05) is 37.1 Å². The fraction of sp³-hybridized carbons (Fsp3) is 0.429. The molecule has 0 unspecified atom stereocenters. The Balaban J connectivity index is 2.63. The summed E-state index contributed by atoms with van der Waals surface area (Å²) in [6.07, 6.45) is 1.83. The Morgan fingerprint density at radius 1 is 1.47 bits per heavy atom. The van der Waals surface area contributed by atoms with E-state index in [1.807, 2.05) is 13.0 Å². The molecular formula is C14H19ClFN. The minimum Gasteiger partial charge on any atom is -0.313 e. The lowest BCUT2D eigenvalue weighted by Crippen LogP contribution is -2.21. The van der Waals surface area contributed by atoms with Crippen molar-refractivity contribution in [3.05, 3.63) is 40.2 Å². The average molecular weight is 256 g/mol. The highest BCUT2D eigenvalue weighted by Crippen LogP contribution is 2.17. The molecule has 0 heterocycles. The van der Waals surface area contributed by atoms with Gasteiger partial charge in [0.2, 0.25) is 0 Å². The van der Waals surface area contributed by atoms with Gasteiger partial charge < -0.3 is 5.32 Å². The second-order valence-electron chi connectivity index (χ2n) is 4.68.